The highest BCUT2D eigenvalue weighted by Gasteiger charge is 2.10. The first-order valence-electron chi connectivity index (χ1n) is 5.80. The van der Waals surface area contributed by atoms with Crippen molar-refractivity contribution in [2.75, 3.05) is 20.3 Å². The van der Waals surface area contributed by atoms with Crippen molar-refractivity contribution >= 4 is 22.6 Å². The molecule has 19 heavy (non-hydrogen) atoms. The van der Waals surface area contributed by atoms with Crippen LogP contribution in [0.4, 0.5) is 4.39 Å². The van der Waals surface area contributed by atoms with Crippen LogP contribution < -0.4 is 5.32 Å². The van der Waals surface area contributed by atoms with Crippen molar-refractivity contribution in [2.45, 2.75) is 6.54 Å². The van der Waals surface area contributed by atoms with Crippen molar-refractivity contribution in [3.05, 3.63) is 39.7 Å². The number of benzene rings is 1. The van der Waals surface area contributed by atoms with Crippen molar-refractivity contribution in [3.63, 3.8) is 0 Å². The summed E-state index contributed by atoms with van der Waals surface area (Å²) in [5.41, 5.74) is 0.845. The molecule has 0 aliphatic rings. The van der Waals surface area contributed by atoms with Gasteiger partial charge in [-0.3, -0.25) is 0 Å². The van der Waals surface area contributed by atoms with Gasteiger partial charge in [-0.25, -0.2) is 9.37 Å². The second kappa shape index (κ2) is 6.97. The molecule has 0 aliphatic heterocycles. The van der Waals surface area contributed by atoms with Gasteiger partial charge in [0, 0.05) is 22.8 Å². The third kappa shape index (κ3) is 3.99. The molecule has 1 N–H and O–H groups in total. The maximum absolute atomic E-state index is 13.0. The summed E-state index contributed by atoms with van der Waals surface area (Å²) in [4.78, 5) is 4.19. The SMILES string of the molecule is COCCNCc1ncc(-c2ccc(F)cc2I)o1. The van der Waals surface area contributed by atoms with Gasteiger partial charge in [-0.15, -0.1) is 0 Å². The lowest BCUT2D eigenvalue weighted by molar-refractivity contribution is 0.198. The molecule has 2 rings (SSSR count). The maximum Gasteiger partial charge on any atom is 0.208 e. The van der Waals surface area contributed by atoms with E-state index in [2.05, 4.69) is 32.9 Å². The zero-order chi connectivity index (χ0) is 13.7. The Morgan fingerprint density at radius 1 is 1.47 bits per heavy atom. The molecule has 0 unspecified atom stereocenters. The first-order chi connectivity index (χ1) is 9.20. The Morgan fingerprint density at radius 3 is 3.05 bits per heavy atom. The molecule has 2 aromatic rings. The predicted molar refractivity (Wildman–Crippen MR) is 78.2 cm³/mol. The summed E-state index contributed by atoms with van der Waals surface area (Å²) in [7, 11) is 1.65. The van der Waals surface area contributed by atoms with Crippen LogP contribution in [0.2, 0.25) is 0 Å². The summed E-state index contributed by atoms with van der Waals surface area (Å²) in [6, 6.07) is 4.57. The number of halogens is 2. The number of hydrogen-bond donors (Lipinski definition) is 1. The largest absolute Gasteiger partial charge is 0.439 e. The summed E-state index contributed by atoms with van der Waals surface area (Å²) in [6.45, 7) is 1.92. The third-order valence-corrected chi connectivity index (χ3v) is 3.40. The Hall–Kier alpha value is -0.990. The molecule has 0 fully saturated rings. The lowest BCUT2D eigenvalue weighted by atomic mass is 10.2. The lowest BCUT2D eigenvalue weighted by Crippen LogP contribution is -2.18. The van der Waals surface area contributed by atoms with Gasteiger partial charge in [0.2, 0.25) is 5.89 Å². The van der Waals surface area contributed by atoms with E-state index < -0.39 is 0 Å². The highest BCUT2D eigenvalue weighted by molar-refractivity contribution is 14.1. The molecule has 0 aliphatic carbocycles. The van der Waals surface area contributed by atoms with Crippen molar-refractivity contribution in [3.8, 4) is 11.3 Å². The van der Waals surface area contributed by atoms with Gasteiger partial charge in [-0.1, -0.05) is 0 Å². The van der Waals surface area contributed by atoms with Crippen molar-refractivity contribution in [1.82, 2.24) is 10.3 Å². The number of rotatable bonds is 6. The number of nitrogens with zero attached hydrogens (tertiary/aromatic N) is 1. The fourth-order valence-electron chi connectivity index (χ4n) is 1.58. The topological polar surface area (TPSA) is 47.3 Å². The minimum Gasteiger partial charge on any atom is -0.439 e. The Morgan fingerprint density at radius 2 is 2.32 bits per heavy atom. The summed E-state index contributed by atoms with van der Waals surface area (Å²) >= 11 is 2.08. The quantitative estimate of drug-likeness (QED) is 0.622. The van der Waals surface area contributed by atoms with Gasteiger partial charge in [-0.05, 0) is 40.8 Å². The lowest BCUT2D eigenvalue weighted by Gasteiger charge is -2.01. The van der Waals surface area contributed by atoms with Crippen LogP contribution >= 0.6 is 22.6 Å². The second-order valence-electron chi connectivity index (χ2n) is 3.91. The van der Waals surface area contributed by atoms with E-state index in [4.69, 9.17) is 9.15 Å². The number of ether oxygens (including phenoxy) is 1. The molecule has 0 saturated heterocycles. The molecule has 6 heteroatoms. The predicted octanol–water partition coefficient (Wildman–Crippen LogP) is 2.82. The molecular formula is C13H14FIN2O2. The average Bonchev–Trinajstić information content (AvgIpc) is 2.83. The Bertz CT molecular complexity index is 545. The fraction of sp³-hybridized carbons (Fsp3) is 0.308. The van der Waals surface area contributed by atoms with Crippen molar-refractivity contribution in [2.24, 2.45) is 0 Å². The van der Waals surface area contributed by atoms with Crippen LogP contribution in [0.5, 0.6) is 0 Å². The summed E-state index contributed by atoms with van der Waals surface area (Å²) < 4.78 is 24.4. The molecule has 0 spiro atoms. The monoisotopic (exact) mass is 376 g/mol. The zero-order valence-electron chi connectivity index (χ0n) is 10.5. The standard InChI is InChI=1S/C13H14FIN2O2/c1-18-5-4-16-8-13-17-7-12(19-13)10-3-2-9(14)6-11(10)15/h2-3,6-7,16H,4-5,8H2,1H3. The van der Waals surface area contributed by atoms with E-state index in [1.54, 1.807) is 19.4 Å². The molecule has 4 nitrogen and oxygen atoms in total. The van der Waals surface area contributed by atoms with E-state index in [9.17, 15) is 4.39 Å². The van der Waals surface area contributed by atoms with E-state index in [0.29, 0.717) is 24.8 Å². The molecule has 0 bridgehead atoms. The highest BCUT2D eigenvalue weighted by Crippen LogP contribution is 2.26. The van der Waals surface area contributed by atoms with Gasteiger partial charge in [-0.2, -0.15) is 0 Å². The van der Waals surface area contributed by atoms with Crippen LogP contribution in [-0.4, -0.2) is 25.2 Å². The minimum atomic E-state index is -0.255. The first kappa shape index (κ1) is 14.4. The van der Waals surface area contributed by atoms with Gasteiger partial charge in [0.25, 0.3) is 0 Å². The summed E-state index contributed by atoms with van der Waals surface area (Å²) in [5.74, 6) is 0.994. The number of methoxy groups -OCH3 is 1. The van der Waals surface area contributed by atoms with E-state index >= 15 is 0 Å². The highest BCUT2D eigenvalue weighted by atomic mass is 127. The smallest absolute Gasteiger partial charge is 0.208 e. The van der Waals surface area contributed by atoms with Crippen molar-refractivity contribution in [1.29, 1.82) is 0 Å². The molecule has 0 amide bonds. The van der Waals surface area contributed by atoms with E-state index in [1.807, 2.05) is 0 Å². The van der Waals surface area contributed by atoms with Crippen LogP contribution in [0.3, 0.4) is 0 Å². The molecule has 0 radical (unpaired) electrons. The van der Waals surface area contributed by atoms with Crippen LogP contribution in [0.25, 0.3) is 11.3 Å². The Balaban J connectivity index is 2.04. The third-order valence-electron chi connectivity index (χ3n) is 2.51. The number of hydrogen-bond acceptors (Lipinski definition) is 4. The minimum absolute atomic E-state index is 0.255. The maximum atomic E-state index is 13.0. The normalized spacial score (nSPS) is 10.9. The van der Waals surface area contributed by atoms with Gasteiger partial charge < -0.3 is 14.5 Å². The van der Waals surface area contributed by atoms with E-state index in [0.717, 1.165) is 15.7 Å². The molecule has 1 aromatic carbocycles. The molecule has 1 heterocycles. The fourth-order valence-corrected chi connectivity index (χ4v) is 2.32. The number of aromatic nitrogens is 1. The van der Waals surface area contributed by atoms with E-state index in [1.165, 1.54) is 12.1 Å². The van der Waals surface area contributed by atoms with Gasteiger partial charge in [0.05, 0.1) is 19.3 Å². The van der Waals surface area contributed by atoms with Gasteiger partial charge >= 0.3 is 0 Å². The second-order valence-corrected chi connectivity index (χ2v) is 5.07. The van der Waals surface area contributed by atoms with Crippen molar-refractivity contribution < 1.29 is 13.5 Å². The average molecular weight is 376 g/mol. The molecule has 0 atom stereocenters. The van der Waals surface area contributed by atoms with Crippen LogP contribution in [0, 0.1) is 9.39 Å². The first-order valence-corrected chi connectivity index (χ1v) is 6.88. The number of nitrogens with one attached hydrogen (secondary N) is 1. The molecule has 1 aromatic heterocycles. The van der Waals surface area contributed by atoms with Gasteiger partial charge in [0.15, 0.2) is 5.76 Å². The Labute approximate surface area is 124 Å². The summed E-state index contributed by atoms with van der Waals surface area (Å²) in [5, 5.41) is 3.15. The molecule has 102 valence electrons. The zero-order valence-corrected chi connectivity index (χ0v) is 12.6. The van der Waals surface area contributed by atoms with Crippen LogP contribution in [-0.2, 0) is 11.3 Å². The Kier molecular flexibility index (Phi) is 5.29. The van der Waals surface area contributed by atoms with Crippen LogP contribution in [0.15, 0.2) is 28.8 Å². The van der Waals surface area contributed by atoms with Gasteiger partial charge in [0.1, 0.15) is 5.82 Å². The number of oxazole rings is 1. The van der Waals surface area contributed by atoms with E-state index in [-0.39, 0.29) is 5.82 Å². The summed E-state index contributed by atoms with van der Waals surface area (Å²) in [6.07, 6.45) is 1.66. The molecular weight excluding hydrogens is 362 g/mol. The van der Waals surface area contributed by atoms with Crippen LogP contribution in [0.1, 0.15) is 5.89 Å². The molecule has 0 saturated carbocycles.